The number of fused-ring (bicyclic) bond motifs is 3. The number of hydrogen-bond acceptors (Lipinski definition) is 7. The van der Waals surface area contributed by atoms with Crippen molar-refractivity contribution < 1.29 is 9.53 Å². The second-order valence-electron chi connectivity index (χ2n) is 17.7. The van der Waals surface area contributed by atoms with Crippen LogP contribution in [0, 0.1) is 28.6 Å². The first-order valence-corrected chi connectivity index (χ1v) is 20.1. The Kier molecular flexibility index (Phi) is 8.76. The van der Waals surface area contributed by atoms with Crippen LogP contribution in [0.25, 0.3) is 22.3 Å². The molecule has 5 fully saturated rings. The molecular weight excluding hydrogens is 647 g/mol. The number of carbonyl (C=O) groups excluding carboxylic acids is 1. The summed E-state index contributed by atoms with van der Waals surface area (Å²) in [5.74, 6) is 4.87. The number of nitrogen functional groups attached to an aromatic ring is 1. The molecule has 9 rings (SSSR count). The van der Waals surface area contributed by atoms with Gasteiger partial charge in [0.2, 0.25) is 5.91 Å². The minimum absolute atomic E-state index is 0.264. The molecule has 2 aliphatic heterocycles. The summed E-state index contributed by atoms with van der Waals surface area (Å²) in [5, 5.41) is 5.97. The van der Waals surface area contributed by atoms with Crippen molar-refractivity contribution in [2.45, 2.75) is 103 Å². The van der Waals surface area contributed by atoms with Crippen molar-refractivity contribution in [2.24, 2.45) is 28.6 Å². The molecule has 2 aromatic carbocycles. The van der Waals surface area contributed by atoms with Crippen molar-refractivity contribution in [1.29, 1.82) is 0 Å². The largest absolute Gasteiger partial charge is 0.457 e. The number of piperidine rings is 2. The number of anilines is 1. The van der Waals surface area contributed by atoms with Crippen LogP contribution in [0.3, 0.4) is 0 Å². The van der Waals surface area contributed by atoms with Crippen molar-refractivity contribution in [1.82, 2.24) is 29.5 Å². The summed E-state index contributed by atoms with van der Waals surface area (Å²) in [7, 11) is 0. The first-order valence-electron chi connectivity index (χ1n) is 20.1. The number of rotatable bonds is 7. The number of carbonyl (C=O) groups is 1. The average Bonchev–Trinajstić information content (AvgIpc) is 3.52. The lowest BCUT2D eigenvalue weighted by atomic mass is 9.55. The zero-order valence-electron chi connectivity index (χ0n) is 31.1. The van der Waals surface area contributed by atoms with Gasteiger partial charge in [-0.05, 0) is 136 Å². The fourth-order valence-corrected chi connectivity index (χ4v) is 11.6. The first kappa shape index (κ1) is 33.8. The molecule has 52 heavy (non-hydrogen) atoms. The fraction of sp³-hybridized carbons (Fsp3) is 0.581. The van der Waals surface area contributed by atoms with Gasteiger partial charge in [0.15, 0.2) is 5.65 Å². The summed E-state index contributed by atoms with van der Waals surface area (Å²) in [5.41, 5.74) is 9.76. The molecule has 1 spiro atoms. The predicted octanol–water partition coefficient (Wildman–Crippen LogP) is 8.52. The van der Waals surface area contributed by atoms with Gasteiger partial charge in [-0.1, -0.05) is 32.0 Å². The Morgan fingerprint density at radius 1 is 0.827 bits per heavy atom. The Bertz CT molecular complexity index is 1860. The normalized spacial score (nSPS) is 28.2. The molecular formula is C43H55N7O2. The molecule has 3 aliphatic carbocycles. The minimum atomic E-state index is 0.264. The van der Waals surface area contributed by atoms with Gasteiger partial charge in [-0.3, -0.25) is 4.79 Å². The second-order valence-corrected chi connectivity index (χ2v) is 17.7. The van der Waals surface area contributed by atoms with Gasteiger partial charge in [0.1, 0.15) is 29.3 Å². The number of para-hydroxylation sites is 1. The third-order valence-electron chi connectivity index (χ3n) is 13.8. The van der Waals surface area contributed by atoms with Gasteiger partial charge < -0.3 is 20.3 Å². The summed E-state index contributed by atoms with van der Waals surface area (Å²) >= 11 is 0. The maximum Gasteiger partial charge on any atom is 0.223 e. The van der Waals surface area contributed by atoms with Crippen LogP contribution in [0.5, 0.6) is 11.5 Å². The van der Waals surface area contributed by atoms with Crippen molar-refractivity contribution in [3.05, 3.63) is 60.9 Å². The maximum atomic E-state index is 13.7. The van der Waals surface area contributed by atoms with Crippen LogP contribution >= 0.6 is 0 Å². The third kappa shape index (κ3) is 6.48. The van der Waals surface area contributed by atoms with Gasteiger partial charge >= 0.3 is 0 Å². The summed E-state index contributed by atoms with van der Waals surface area (Å²) in [6.07, 6.45) is 15.9. The number of benzene rings is 2. The molecule has 9 nitrogen and oxygen atoms in total. The molecule has 2 bridgehead atoms. The SMILES string of the molecule is CC1CC2CC(C)CC(CC(=O)N3CCC4(CC3)CC(N3CCC(n5nc(-c6ccc(Oc7ccccc7)cc6)c6c(N)ncnc65)CC3)C4)(C1)C2. The third-order valence-corrected chi connectivity index (χ3v) is 13.8. The van der Waals surface area contributed by atoms with E-state index in [1.165, 1.54) is 57.8 Å². The predicted molar refractivity (Wildman–Crippen MR) is 205 cm³/mol. The second kappa shape index (κ2) is 13.5. The van der Waals surface area contributed by atoms with Gasteiger partial charge in [-0.15, -0.1) is 0 Å². The average molecular weight is 702 g/mol. The molecule has 4 aromatic rings. The highest BCUT2D eigenvalue weighted by atomic mass is 16.5. The van der Waals surface area contributed by atoms with Gasteiger partial charge in [0.25, 0.3) is 0 Å². The maximum absolute atomic E-state index is 13.7. The Balaban J connectivity index is 0.799. The topological polar surface area (TPSA) is 102 Å². The minimum Gasteiger partial charge on any atom is -0.457 e. The Labute approximate surface area is 308 Å². The quantitative estimate of drug-likeness (QED) is 0.206. The van der Waals surface area contributed by atoms with E-state index in [1.807, 2.05) is 54.6 Å². The lowest BCUT2D eigenvalue weighted by molar-refractivity contribution is -0.141. The molecule has 2 saturated heterocycles. The molecule has 3 saturated carbocycles. The molecule has 2 N–H and O–H groups in total. The van der Waals surface area contributed by atoms with Gasteiger partial charge in [0.05, 0.1) is 11.4 Å². The van der Waals surface area contributed by atoms with E-state index in [1.54, 1.807) is 6.33 Å². The van der Waals surface area contributed by atoms with Crippen LogP contribution in [-0.2, 0) is 4.79 Å². The van der Waals surface area contributed by atoms with Gasteiger partial charge in [-0.25, -0.2) is 14.6 Å². The number of nitrogens with two attached hydrogens (primary N) is 1. The molecule has 0 radical (unpaired) electrons. The van der Waals surface area contributed by atoms with E-state index >= 15 is 0 Å². The number of likely N-dealkylation sites (tertiary alicyclic amines) is 2. The smallest absolute Gasteiger partial charge is 0.223 e. The van der Waals surface area contributed by atoms with E-state index in [9.17, 15) is 4.79 Å². The van der Waals surface area contributed by atoms with Crippen molar-refractivity contribution in [2.75, 3.05) is 31.9 Å². The van der Waals surface area contributed by atoms with E-state index < -0.39 is 0 Å². The summed E-state index contributed by atoms with van der Waals surface area (Å²) < 4.78 is 8.14. The molecule has 1 amide bonds. The van der Waals surface area contributed by atoms with Crippen LogP contribution in [0.4, 0.5) is 5.82 Å². The molecule has 9 heteroatoms. The number of hydrogen-bond donors (Lipinski definition) is 1. The van der Waals surface area contributed by atoms with Crippen LogP contribution in [0.1, 0.15) is 96.9 Å². The zero-order valence-corrected chi connectivity index (χ0v) is 31.1. The fourth-order valence-electron chi connectivity index (χ4n) is 11.6. The van der Waals surface area contributed by atoms with Gasteiger partial charge in [0, 0.05) is 44.2 Å². The summed E-state index contributed by atoms with van der Waals surface area (Å²) in [4.78, 5) is 27.7. The molecule has 2 unspecified atom stereocenters. The number of nitrogens with zero attached hydrogens (tertiary/aromatic N) is 6. The van der Waals surface area contributed by atoms with Crippen LogP contribution < -0.4 is 10.5 Å². The van der Waals surface area contributed by atoms with Crippen LogP contribution in [0.15, 0.2) is 60.9 Å². The number of aromatic nitrogens is 4. The number of ether oxygens (including phenoxy) is 1. The molecule has 4 heterocycles. The Morgan fingerprint density at radius 3 is 2.19 bits per heavy atom. The summed E-state index contributed by atoms with van der Waals surface area (Å²) in [6.45, 7) is 8.90. The van der Waals surface area contributed by atoms with E-state index in [4.69, 9.17) is 20.6 Å². The highest BCUT2D eigenvalue weighted by Crippen LogP contribution is 2.56. The van der Waals surface area contributed by atoms with E-state index in [0.717, 1.165) is 97.0 Å². The zero-order chi connectivity index (χ0) is 35.5. The Hall–Kier alpha value is -3.98. The lowest BCUT2D eigenvalue weighted by Crippen LogP contribution is -2.57. The standard InChI is InChI=1S/C43H55N7O2/c1-29-20-31-21-30(2)23-43(22-29,24-31)27-37(51)49-18-14-42(15-19-49)25-34(26-42)48-16-12-33(13-17-48)50-41-38(40(44)45-28-46-41)39(47-50)32-8-10-36(11-9-32)52-35-6-4-3-5-7-35/h3-11,28-31,33-34H,12-27H2,1-2H3,(H2,44,45,46). The molecule has 274 valence electrons. The van der Waals surface area contributed by atoms with Gasteiger partial charge in [-0.2, -0.15) is 5.10 Å². The van der Waals surface area contributed by atoms with Crippen LogP contribution in [0.2, 0.25) is 0 Å². The van der Waals surface area contributed by atoms with Crippen LogP contribution in [-0.4, -0.2) is 67.7 Å². The highest BCUT2D eigenvalue weighted by Gasteiger charge is 2.50. The van der Waals surface area contributed by atoms with E-state index in [0.29, 0.717) is 23.2 Å². The van der Waals surface area contributed by atoms with E-state index in [2.05, 4.69) is 33.3 Å². The lowest BCUT2D eigenvalue weighted by Gasteiger charge is -2.56. The summed E-state index contributed by atoms with van der Waals surface area (Å²) in [6, 6.07) is 18.8. The monoisotopic (exact) mass is 701 g/mol. The highest BCUT2D eigenvalue weighted by molar-refractivity contribution is 5.98. The van der Waals surface area contributed by atoms with Crippen molar-refractivity contribution in [3.63, 3.8) is 0 Å². The number of amides is 1. The van der Waals surface area contributed by atoms with Crippen molar-refractivity contribution in [3.8, 4) is 22.8 Å². The first-order chi connectivity index (χ1) is 25.2. The van der Waals surface area contributed by atoms with E-state index in [-0.39, 0.29) is 11.5 Å². The molecule has 5 aliphatic rings. The van der Waals surface area contributed by atoms with Crippen molar-refractivity contribution >= 4 is 22.8 Å². The molecule has 2 aromatic heterocycles. The Morgan fingerprint density at radius 2 is 1.50 bits per heavy atom. The molecule has 2 atom stereocenters.